The highest BCUT2D eigenvalue weighted by molar-refractivity contribution is 7.11. The molecule has 7 heteroatoms. The molecule has 30 heavy (non-hydrogen) atoms. The summed E-state index contributed by atoms with van der Waals surface area (Å²) in [5.41, 5.74) is 3.18. The molecule has 0 aliphatic heterocycles. The number of hydrogen-bond acceptors (Lipinski definition) is 5. The Balaban J connectivity index is 1.59. The molecule has 4 rings (SSSR count). The summed E-state index contributed by atoms with van der Waals surface area (Å²) in [7, 11) is 0. The summed E-state index contributed by atoms with van der Waals surface area (Å²) in [5, 5.41) is 12.0. The SMILES string of the molecule is O=C(Cc1scc(-c2ccc(Cl)cc2)c1C(=O)O)c1ncc(-c2ccccc2)cn1. The van der Waals surface area contributed by atoms with Gasteiger partial charge in [0.15, 0.2) is 5.82 Å². The van der Waals surface area contributed by atoms with Crippen molar-refractivity contribution in [2.75, 3.05) is 0 Å². The Morgan fingerprint density at radius 3 is 2.20 bits per heavy atom. The number of thiophene rings is 1. The van der Waals surface area contributed by atoms with Gasteiger partial charge in [-0.1, -0.05) is 54.1 Å². The van der Waals surface area contributed by atoms with Gasteiger partial charge in [-0.05, 0) is 28.6 Å². The summed E-state index contributed by atoms with van der Waals surface area (Å²) in [4.78, 5) is 33.4. The summed E-state index contributed by atoms with van der Waals surface area (Å²) < 4.78 is 0. The van der Waals surface area contributed by atoms with E-state index >= 15 is 0 Å². The topological polar surface area (TPSA) is 80.2 Å². The third kappa shape index (κ3) is 4.15. The smallest absolute Gasteiger partial charge is 0.337 e. The van der Waals surface area contributed by atoms with Gasteiger partial charge in [0.2, 0.25) is 5.78 Å². The van der Waals surface area contributed by atoms with E-state index in [2.05, 4.69) is 9.97 Å². The standard InChI is InChI=1S/C23H15ClN2O3S/c24-17-8-6-15(7-9-17)18-13-30-20(21(18)23(28)29)10-19(27)22-25-11-16(12-26-22)14-4-2-1-3-5-14/h1-9,11-13H,10H2,(H,28,29). The first-order chi connectivity index (χ1) is 14.5. The van der Waals surface area contributed by atoms with Crippen molar-refractivity contribution in [3.8, 4) is 22.3 Å². The highest BCUT2D eigenvalue weighted by atomic mass is 35.5. The number of Topliss-reactive ketones (excluding diaryl/α,β-unsaturated/α-hetero) is 1. The fourth-order valence-corrected chi connectivity index (χ4v) is 4.25. The lowest BCUT2D eigenvalue weighted by molar-refractivity contribution is 0.0697. The van der Waals surface area contributed by atoms with Gasteiger partial charge in [0.25, 0.3) is 0 Å². The number of carbonyl (C=O) groups is 2. The number of carbonyl (C=O) groups excluding carboxylic acids is 1. The van der Waals surface area contributed by atoms with Crippen LogP contribution in [-0.2, 0) is 6.42 Å². The minimum atomic E-state index is -1.08. The minimum absolute atomic E-state index is 0.0625. The largest absolute Gasteiger partial charge is 0.478 e. The molecule has 0 fully saturated rings. The number of ketones is 1. The van der Waals surface area contributed by atoms with E-state index in [0.717, 1.165) is 16.7 Å². The predicted molar refractivity (Wildman–Crippen MR) is 117 cm³/mol. The highest BCUT2D eigenvalue weighted by Crippen LogP contribution is 2.33. The quantitative estimate of drug-likeness (QED) is 0.396. The lowest BCUT2D eigenvalue weighted by Gasteiger charge is -2.05. The van der Waals surface area contributed by atoms with Crippen molar-refractivity contribution < 1.29 is 14.7 Å². The molecule has 0 atom stereocenters. The molecule has 4 aromatic rings. The molecular formula is C23H15ClN2O3S. The molecule has 2 heterocycles. The van der Waals surface area contributed by atoms with E-state index in [1.807, 2.05) is 30.3 Å². The van der Waals surface area contributed by atoms with Gasteiger partial charge < -0.3 is 5.11 Å². The highest BCUT2D eigenvalue weighted by Gasteiger charge is 2.22. The molecule has 0 saturated carbocycles. The van der Waals surface area contributed by atoms with Crippen LogP contribution in [0.15, 0.2) is 72.4 Å². The molecule has 1 N–H and O–H groups in total. The molecule has 2 aromatic carbocycles. The average molecular weight is 435 g/mol. The van der Waals surface area contributed by atoms with Crippen molar-refractivity contribution in [1.29, 1.82) is 0 Å². The number of nitrogens with zero attached hydrogens (tertiary/aromatic N) is 2. The molecular weight excluding hydrogens is 420 g/mol. The summed E-state index contributed by atoms with van der Waals surface area (Å²) in [5.74, 6) is -1.35. The van der Waals surface area contributed by atoms with Crippen LogP contribution < -0.4 is 0 Å². The maximum Gasteiger partial charge on any atom is 0.337 e. The first kappa shape index (κ1) is 19.9. The number of hydrogen-bond donors (Lipinski definition) is 1. The van der Waals surface area contributed by atoms with E-state index in [1.54, 1.807) is 42.0 Å². The Morgan fingerprint density at radius 1 is 0.900 bits per heavy atom. The van der Waals surface area contributed by atoms with E-state index in [1.165, 1.54) is 11.3 Å². The van der Waals surface area contributed by atoms with Crippen LogP contribution >= 0.6 is 22.9 Å². The van der Waals surface area contributed by atoms with Gasteiger partial charge in [-0.15, -0.1) is 11.3 Å². The van der Waals surface area contributed by atoms with E-state index in [9.17, 15) is 14.7 Å². The van der Waals surface area contributed by atoms with Gasteiger partial charge in [-0.25, -0.2) is 14.8 Å². The molecule has 148 valence electrons. The average Bonchev–Trinajstić information content (AvgIpc) is 3.19. The maximum atomic E-state index is 12.7. The lowest BCUT2D eigenvalue weighted by Crippen LogP contribution is -2.10. The maximum absolute atomic E-state index is 12.7. The van der Waals surface area contributed by atoms with Crippen LogP contribution in [0.4, 0.5) is 0 Å². The third-order valence-corrected chi connectivity index (χ3v) is 5.80. The Kier molecular flexibility index (Phi) is 5.70. The zero-order chi connectivity index (χ0) is 21.1. The first-order valence-corrected chi connectivity index (χ1v) is 10.3. The zero-order valence-electron chi connectivity index (χ0n) is 15.6. The predicted octanol–water partition coefficient (Wildman–Crippen LogP) is 5.65. The number of rotatable bonds is 6. The number of benzene rings is 2. The van der Waals surface area contributed by atoms with Crippen molar-refractivity contribution in [2.45, 2.75) is 6.42 Å². The van der Waals surface area contributed by atoms with Crippen molar-refractivity contribution in [2.24, 2.45) is 0 Å². The van der Waals surface area contributed by atoms with Crippen molar-refractivity contribution in [3.63, 3.8) is 0 Å². The van der Waals surface area contributed by atoms with Crippen molar-refractivity contribution in [3.05, 3.63) is 93.7 Å². The molecule has 5 nitrogen and oxygen atoms in total. The molecule has 0 radical (unpaired) electrons. The van der Waals surface area contributed by atoms with E-state index < -0.39 is 5.97 Å². The van der Waals surface area contributed by atoms with Crippen LogP contribution in [0.5, 0.6) is 0 Å². The monoisotopic (exact) mass is 434 g/mol. The number of carboxylic acids is 1. The molecule has 0 aliphatic rings. The van der Waals surface area contributed by atoms with Gasteiger partial charge >= 0.3 is 5.97 Å². The molecule has 0 amide bonds. The van der Waals surface area contributed by atoms with Crippen LogP contribution in [0, 0.1) is 0 Å². The zero-order valence-corrected chi connectivity index (χ0v) is 17.2. The second-order valence-corrected chi connectivity index (χ2v) is 7.92. The van der Waals surface area contributed by atoms with Crippen LogP contribution in [-0.4, -0.2) is 26.8 Å². The first-order valence-electron chi connectivity index (χ1n) is 9.03. The van der Waals surface area contributed by atoms with Crippen LogP contribution in [0.2, 0.25) is 5.02 Å². The van der Waals surface area contributed by atoms with Gasteiger partial charge in [-0.2, -0.15) is 0 Å². The molecule has 0 unspecified atom stereocenters. The third-order valence-electron chi connectivity index (χ3n) is 4.57. The second kappa shape index (κ2) is 8.57. The van der Waals surface area contributed by atoms with Gasteiger partial charge in [-0.3, -0.25) is 4.79 Å². The number of aromatic nitrogens is 2. The van der Waals surface area contributed by atoms with Crippen molar-refractivity contribution >= 4 is 34.7 Å². The fraction of sp³-hybridized carbons (Fsp3) is 0.0435. The molecule has 0 saturated heterocycles. The normalized spacial score (nSPS) is 10.7. The van der Waals surface area contributed by atoms with Crippen molar-refractivity contribution in [1.82, 2.24) is 9.97 Å². The van der Waals surface area contributed by atoms with E-state index in [0.29, 0.717) is 15.5 Å². The number of carboxylic acid groups (broad SMARTS) is 1. The Hall–Kier alpha value is -3.35. The van der Waals surface area contributed by atoms with E-state index in [4.69, 9.17) is 11.6 Å². The molecule has 0 bridgehead atoms. The molecule has 0 spiro atoms. The van der Waals surface area contributed by atoms with Gasteiger partial charge in [0, 0.05) is 39.8 Å². The van der Waals surface area contributed by atoms with Gasteiger partial charge in [0.1, 0.15) is 0 Å². The number of halogens is 1. The summed E-state index contributed by atoms with van der Waals surface area (Å²) in [6.45, 7) is 0. The summed E-state index contributed by atoms with van der Waals surface area (Å²) >= 11 is 7.16. The minimum Gasteiger partial charge on any atom is -0.478 e. The summed E-state index contributed by atoms with van der Waals surface area (Å²) in [6, 6.07) is 16.5. The van der Waals surface area contributed by atoms with E-state index in [-0.39, 0.29) is 23.6 Å². The molecule has 2 aromatic heterocycles. The molecule has 0 aliphatic carbocycles. The lowest BCUT2D eigenvalue weighted by atomic mass is 10.0. The van der Waals surface area contributed by atoms with Gasteiger partial charge in [0.05, 0.1) is 5.56 Å². The van der Waals surface area contributed by atoms with Crippen LogP contribution in [0.3, 0.4) is 0 Å². The van der Waals surface area contributed by atoms with Crippen LogP contribution in [0.1, 0.15) is 25.9 Å². The Labute approximate surface area is 181 Å². The Bertz CT molecular complexity index is 1200. The second-order valence-electron chi connectivity index (χ2n) is 6.52. The fourth-order valence-electron chi connectivity index (χ4n) is 3.08. The number of aromatic carboxylic acids is 1. The van der Waals surface area contributed by atoms with Crippen LogP contribution in [0.25, 0.3) is 22.3 Å². The Morgan fingerprint density at radius 2 is 1.57 bits per heavy atom. The summed E-state index contributed by atoms with van der Waals surface area (Å²) in [6.07, 6.45) is 3.12.